The molecule has 4 rings (SSSR count). The summed E-state index contributed by atoms with van der Waals surface area (Å²) in [6.45, 7) is 0.663. The normalized spacial score (nSPS) is 13.5. The number of aromatic nitrogens is 2. The molecule has 0 spiro atoms. The van der Waals surface area contributed by atoms with E-state index in [1.165, 1.54) is 33.8 Å². The number of hydrogen-bond acceptors (Lipinski definition) is 9. The third-order valence-electron chi connectivity index (χ3n) is 4.46. The second-order valence-electron chi connectivity index (χ2n) is 6.23. The van der Waals surface area contributed by atoms with E-state index in [1.54, 1.807) is 23.8 Å². The summed E-state index contributed by atoms with van der Waals surface area (Å²) in [5, 5.41) is 17.2. The van der Waals surface area contributed by atoms with Gasteiger partial charge >= 0.3 is 5.00 Å². The average Bonchev–Trinajstić information content (AvgIpc) is 3.52. The maximum absolute atomic E-state index is 13.0. The average molecular weight is 445 g/mol. The molecule has 0 bridgehead atoms. The van der Waals surface area contributed by atoms with Crippen LogP contribution in [0.3, 0.4) is 0 Å². The minimum Gasteiger partial charge on any atom is -0.489 e. The van der Waals surface area contributed by atoms with Gasteiger partial charge in [0.15, 0.2) is 0 Å². The van der Waals surface area contributed by atoms with Gasteiger partial charge in [-0.3, -0.25) is 24.7 Å². The first-order valence-electron chi connectivity index (χ1n) is 8.80. The number of hydrazine groups is 1. The summed E-state index contributed by atoms with van der Waals surface area (Å²) in [5.41, 5.74) is 1.08. The summed E-state index contributed by atoms with van der Waals surface area (Å²) < 4.78 is 5.09. The number of carbonyl (C=O) groups is 2. The summed E-state index contributed by atoms with van der Waals surface area (Å²) in [6.07, 6.45) is 3.90. The van der Waals surface area contributed by atoms with Crippen LogP contribution in [0.5, 0.6) is 5.75 Å². The third kappa shape index (κ3) is 3.50. The lowest BCUT2D eigenvalue weighted by Gasteiger charge is -2.27. The first kappa shape index (κ1) is 19.9. The number of ether oxygens (including phenoxy) is 1. The molecule has 1 aliphatic heterocycles. The molecule has 1 saturated heterocycles. The number of nitrogens with zero attached hydrogens (tertiary/aromatic N) is 5. The van der Waals surface area contributed by atoms with Crippen molar-refractivity contribution in [3.8, 4) is 16.3 Å². The smallest absolute Gasteiger partial charge is 0.366 e. The Kier molecular flexibility index (Phi) is 5.42. The Bertz CT molecular complexity index is 1110. The number of carbonyl (C=O) groups excluding carboxylic acids is 2. The standard InChI is InChI=1S/C18H15N5O5S2/c1-28-14-12(9-30-18(14)23(26)27)16(24)21-6-3-7-22(21)17(25)13-10-29-15(20-13)11-4-2-5-19-8-11/h2,4-5,8-10H,3,6-7H2,1H3. The van der Waals surface area contributed by atoms with Crippen molar-refractivity contribution in [3.05, 3.63) is 56.7 Å². The van der Waals surface area contributed by atoms with Gasteiger partial charge in [0.05, 0.1) is 12.0 Å². The summed E-state index contributed by atoms with van der Waals surface area (Å²) in [4.78, 5) is 45.1. The van der Waals surface area contributed by atoms with Crippen molar-refractivity contribution in [3.63, 3.8) is 0 Å². The van der Waals surface area contributed by atoms with E-state index in [4.69, 9.17) is 4.74 Å². The van der Waals surface area contributed by atoms with E-state index in [9.17, 15) is 19.7 Å². The molecule has 0 radical (unpaired) electrons. The first-order chi connectivity index (χ1) is 14.5. The fraction of sp³-hybridized carbons (Fsp3) is 0.222. The van der Waals surface area contributed by atoms with Crippen LogP contribution in [0.1, 0.15) is 27.3 Å². The van der Waals surface area contributed by atoms with Crippen molar-refractivity contribution in [2.24, 2.45) is 0 Å². The van der Waals surface area contributed by atoms with E-state index in [-0.39, 0.29) is 22.0 Å². The van der Waals surface area contributed by atoms with Crippen LogP contribution in [0.2, 0.25) is 0 Å². The van der Waals surface area contributed by atoms with Crippen LogP contribution < -0.4 is 4.74 Å². The highest BCUT2D eigenvalue weighted by molar-refractivity contribution is 7.14. The quantitative estimate of drug-likeness (QED) is 0.437. The Morgan fingerprint density at radius 1 is 1.20 bits per heavy atom. The molecular formula is C18H15N5O5S2. The third-order valence-corrected chi connectivity index (χ3v) is 6.26. The molecule has 2 amide bonds. The van der Waals surface area contributed by atoms with Crippen LogP contribution in [0.25, 0.3) is 10.6 Å². The molecule has 0 atom stereocenters. The van der Waals surface area contributed by atoms with Gasteiger partial charge in [0.1, 0.15) is 16.3 Å². The van der Waals surface area contributed by atoms with E-state index < -0.39 is 16.7 Å². The largest absolute Gasteiger partial charge is 0.489 e. The van der Waals surface area contributed by atoms with Gasteiger partial charge in [0, 0.05) is 41.8 Å². The van der Waals surface area contributed by atoms with Gasteiger partial charge in [-0.05, 0) is 18.6 Å². The molecule has 10 nitrogen and oxygen atoms in total. The Hall–Kier alpha value is -3.38. The van der Waals surface area contributed by atoms with Gasteiger partial charge in [-0.15, -0.1) is 11.3 Å². The van der Waals surface area contributed by atoms with Gasteiger partial charge in [-0.1, -0.05) is 11.3 Å². The van der Waals surface area contributed by atoms with Crippen molar-refractivity contribution in [1.29, 1.82) is 0 Å². The molecule has 4 heterocycles. The predicted octanol–water partition coefficient (Wildman–Crippen LogP) is 3.09. The zero-order valence-electron chi connectivity index (χ0n) is 15.7. The second-order valence-corrected chi connectivity index (χ2v) is 7.95. The van der Waals surface area contributed by atoms with Crippen molar-refractivity contribution >= 4 is 39.5 Å². The number of amides is 2. The molecule has 0 unspecified atom stereocenters. The molecular weight excluding hydrogens is 430 g/mol. The van der Waals surface area contributed by atoms with Crippen molar-refractivity contribution in [2.45, 2.75) is 6.42 Å². The van der Waals surface area contributed by atoms with Crippen LogP contribution >= 0.6 is 22.7 Å². The van der Waals surface area contributed by atoms with E-state index in [1.807, 2.05) is 6.07 Å². The molecule has 0 aromatic carbocycles. The molecule has 1 fully saturated rings. The first-order valence-corrected chi connectivity index (χ1v) is 10.6. The molecule has 3 aromatic rings. The summed E-state index contributed by atoms with van der Waals surface area (Å²) in [7, 11) is 1.27. The second kappa shape index (κ2) is 8.16. The Morgan fingerprint density at radius 3 is 2.63 bits per heavy atom. The number of nitro groups is 1. The van der Waals surface area contributed by atoms with Crippen molar-refractivity contribution < 1.29 is 19.2 Å². The number of pyridine rings is 1. The topological polar surface area (TPSA) is 119 Å². The van der Waals surface area contributed by atoms with Crippen LogP contribution in [-0.4, -0.2) is 56.9 Å². The number of thiazole rings is 1. The minimum atomic E-state index is -0.595. The van der Waals surface area contributed by atoms with Gasteiger partial charge in [0.25, 0.3) is 11.8 Å². The van der Waals surface area contributed by atoms with E-state index in [0.29, 0.717) is 24.5 Å². The highest BCUT2D eigenvalue weighted by Gasteiger charge is 2.36. The molecule has 154 valence electrons. The number of rotatable bonds is 5. The fourth-order valence-corrected chi connectivity index (χ4v) is 4.72. The lowest BCUT2D eigenvalue weighted by molar-refractivity contribution is -0.381. The number of thiophene rings is 1. The van der Waals surface area contributed by atoms with E-state index in [0.717, 1.165) is 16.9 Å². The number of hydrogen-bond donors (Lipinski definition) is 0. The monoisotopic (exact) mass is 445 g/mol. The van der Waals surface area contributed by atoms with E-state index >= 15 is 0 Å². The maximum atomic E-state index is 13.0. The van der Waals surface area contributed by atoms with Gasteiger partial charge in [-0.25, -0.2) is 15.0 Å². The predicted molar refractivity (Wildman–Crippen MR) is 110 cm³/mol. The molecule has 1 aliphatic rings. The minimum absolute atomic E-state index is 0.0585. The molecule has 30 heavy (non-hydrogen) atoms. The lowest BCUT2D eigenvalue weighted by Crippen LogP contribution is -2.45. The zero-order chi connectivity index (χ0) is 21.3. The Balaban J connectivity index is 1.58. The molecule has 3 aromatic heterocycles. The van der Waals surface area contributed by atoms with Crippen LogP contribution in [-0.2, 0) is 0 Å². The Morgan fingerprint density at radius 2 is 1.97 bits per heavy atom. The maximum Gasteiger partial charge on any atom is 0.366 e. The van der Waals surface area contributed by atoms with Crippen LogP contribution in [0.4, 0.5) is 5.00 Å². The summed E-state index contributed by atoms with van der Waals surface area (Å²) in [6, 6.07) is 3.63. The molecule has 12 heteroatoms. The van der Waals surface area contributed by atoms with Gasteiger partial charge in [0.2, 0.25) is 5.75 Å². The SMILES string of the molecule is COc1c(C(=O)N2CCCN2C(=O)c2csc(-c3cccnc3)n2)csc1[N+](=O)[O-]. The molecule has 0 saturated carbocycles. The zero-order valence-corrected chi connectivity index (χ0v) is 17.3. The van der Waals surface area contributed by atoms with Crippen LogP contribution in [0.15, 0.2) is 35.3 Å². The summed E-state index contributed by atoms with van der Waals surface area (Å²) in [5.74, 6) is -1.03. The fourth-order valence-electron chi connectivity index (χ4n) is 3.11. The summed E-state index contributed by atoms with van der Waals surface area (Å²) >= 11 is 2.12. The highest BCUT2D eigenvalue weighted by atomic mass is 32.1. The van der Waals surface area contributed by atoms with Crippen molar-refractivity contribution in [2.75, 3.05) is 20.2 Å². The molecule has 0 N–H and O–H groups in total. The highest BCUT2D eigenvalue weighted by Crippen LogP contribution is 2.38. The number of methoxy groups -OCH3 is 1. The lowest BCUT2D eigenvalue weighted by atomic mass is 10.3. The Labute approximate surface area is 178 Å². The van der Waals surface area contributed by atoms with Crippen molar-refractivity contribution in [1.82, 2.24) is 20.0 Å². The van der Waals surface area contributed by atoms with Crippen LogP contribution in [0, 0.1) is 10.1 Å². The molecule has 0 aliphatic carbocycles. The van der Waals surface area contributed by atoms with Gasteiger partial charge < -0.3 is 4.74 Å². The van der Waals surface area contributed by atoms with E-state index in [2.05, 4.69) is 9.97 Å². The van der Waals surface area contributed by atoms with Gasteiger partial charge in [-0.2, -0.15) is 0 Å².